The zero-order valence-corrected chi connectivity index (χ0v) is 12.7. The van der Waals surface area contributed by atoms with E-state index in [-0.39, 0.29) is 18.1 Å². The van der Waals surface area contributed by atoms with Gasteiger partial charge in [0, 0.05) is 13.1 Å². The van der Waals surface area contributed by atoms with E-state index < -0.39 is 5.82 Å². The Balaban J connectivity index is 1.96. The van der Waals surface area contributed by atoms with Crippen molar-refractivity contribution in [2.75, 3.05) is 33.8 Å². The number of carbonyl (C=O) groups excluding carboxylic acids is 1. The molecule has 5 heteroatoms. The van der Waals surface area contributed by atoms with Gasteiger partial charge in [0.05, 0.1) is 13.5 Å². The van der Waals surface area contributed by atoms with Crippen molar-refractivity contribution >= 4 is 5.91 Å². The normalized spacial score (nSPS) is 18.6. The molecule has 1 aliphatic rings. The molecule has 1 fully saturated rings. The molecule has 2 rings (SSSR count). The molecule has 21 heavy (non-hydrogen) atoms. The molecular weight excluding hydrogens is 271 g/mol. The summed E-state index contributed by atoms with van der Waals surface area (Å²) in [5.74, 6) is 0.369. The molecule has 1 heterocycles. The van der Waals surface area contributed by atoms with Gasteiger partial charge in [-0.05, 0) is 50.0 Å². The van der Waals surface area contributed by atoms with Crippen molar-refractivity contribution in [3.63, 3.8) is 0 Å². The van der Waals surface area contributed by atoms with Crippen molar-refractivity contribution in [1.29, 1.82) is 0 Å². The highest BCUT2D eigenvalue weighted by Crippen LogP contribution is 2.20. The molecule has 1 aromatic rings. The zero-order chi connectivity index (χ0) is 15.2. The first kappa shape index (κ1) is 15.8. The molecule has 1 aliphatic heterocycles. The van der Waals surface area contributed by atoms with E-state index in [1.165, 1.54) is 13.2 Å². The Bertz CT molecular complexity index is 491. The lowest BCUT2D eigenvalue weighted by Gasteiger charge is -2.32. The van der Waals surface area contributed by atoms with Gasteiger partial charge in [-0.25, -0.2) is 4.39 Å². The van der Waals surface area contributed by atoms with Crippen LogP contribution in [0.15, 0.2) is 18.2 Å². The number of methoxy groups -OCH3 is 1. The van der Waals surface area contributed by atoms with Crippen LogP contribution in [0.2, 0.25) is 0 Å². The Morgan fingerprint density at radius 1 is 1.52 bits per heavy atom. The van der Waals surface area contributed by atoms with E-state index in [2.05, 4.69) is 5.32 Å². The van der Waals surface area contributed by atoms with Crippen LogP contribution in [0.1, 0.15) is 18.4 Å². The summed E-state index contributed by atoms with van der Waals surface area (Å²) in [6.45, 7) is 2.52. The summed E-state index contributed by atoms with van der Waals surface area (Å²) in [5.41, 5.74) is 0.689. The summed E-state index contributed by atoms with van der Waals surface area (Å²) in [7, 11) is 3.36. The van der Waals surface area contributed by atoms with Crippen molar-refractivity contribution in [2.24, 2.45) is 5.92 Å². The highest BCUT2D eigenvalue weighted by Gasteiger charge is 2.23. The fraction of sp³-hybridized carbons (Fsp3) is 0.562. The molecule has 0 unspecified atom stereocenters. The molecule has 0 bridgehead atoms. The smallest absolute Gasteiger partial charge is 0.227 e. The van der Waals surface area contributed by atoms with Crippen LogP contribution in [-0.2, 0) is 11.2 Å². The molecule has 0 saturated carbocycles. The highest BCUT2D eigenvalue weighted by atomic mass is 19.1. The van der Waals surface area contributed by atoms with Gasteiger partial charge < -0.3 is 15.0 Å². The summed E-state index contributed by atoms with van der Waals surface area (Å²) >= 11 is 0. The minimum absolute atomic E-state index is 0.0698. The van der Waals surface area contributed by atoms with Gasteiger partial charge in [-0.3, -0.25) is 4.79 Å². The number of likely N-dealkylation sites (tertiary alicyclic amines) is 1. The Morgan fingerprint density at radius 3 is 3.00 bits per heavy atom. The van der Waals surface area contributed by atoms with Gasteiger partial charge in [-0.1, -0.05) is 6.07 Å². The number of nitrogens with zero attached hydrogens (tertiary/aromatic N) is 1. The fourth-order valence-electron chi connectivity index (χ4n) is 2.85. The van der Waals surface area contributed by atoms with Crippen LogP contribution in [0.5, 0.6) is 5.75 Å². The van der Waals surface area contributed by atoms with Gasteiger partial charge in [0.2, 0.25) is 5.91 Å². The standard InChI is InChI=1S/C16H23FN2O2/c1-18-10-13-4-3-7-19(11-13)16(20)9-12-5-6-15(21-2)14(17)8-12/h5-6,8,13,18H,3-4,7,9-11H2,1-2H3/t13-/m1/s1. The summed E-state index contributed by atoms with van der Waals surface area (Å²) in [5, 5.41) is 3.17. The van der Waals surface area contributed by atoms with Crippen LogP contribution in [0.4, 0.5) is 4.39 Å². The van der Waals surface area contributed by atoms with Crippen LogP contribution in [0.25, 0.3) is 0 Å². The Hall–Kier alpha value is -1.62. The quantitative estimate of drug-likeness (QED) is 0.901. The predicted octanol–water partition coefficient (Wildman–Crippen LogP) is 1.83. The average molecular weight is 294 g/mol. The molecule has 0 aromatic heterocycles. The first-order valence-electron chi connectivity index (χ1n) is 7.38. The predicted molar refractivity (Wildman–Crippen MR) is 79.9 cm³/mol. The van der Waals surface area contributed by atoms with Gasteiger partial charge in [-0.15, -0.1) is 0 Å². The van der Waals surface area contributed by atoms with E-state index >= 15 is 0 Å². The van der Waals surface area contributed by atoms with E-state index in [0.29, 0.717) is 11.5 Å². The van der Waals surface area contributed by atoms with Gasteiger partial charge >= 0.3 is 0 Å². The minimum atomic E-state index is -0.422. The summed E-state index contributed by atoms with van der Waals surface area (Å²) in [6.07, 6.45) is 2.43. The Kier molecular flexibility index (Phi) is 5.56. The lowest BCUT2D eigenvalue weighted by molar-refractivity contribution is -0.132. The minimum Gasteiger partial charge on any atom is -0.494 e. The van der Waals surface area contributed by atoms with Crippen LogP contribution >= 0.6 is 0 Å². The first-order chi connectivity index (χ1) is 10.1. The van der Waals surface area contributed by atoms with Crippen molar-refractivity contribution < 1.29 is 13.9 Å². The molecule has 1 N–H and O–H groups in total. The second-order valence-electron chi connectivity index (χ2n) is 5.55. The summed E-state index contributed by atoms with van der Waals surface area (Å²) < 4.78 is 18.5. The lowest BCUT2D eigenvalue weighted by Crippen LogP contribution is -2.43. The molecule has 0 radical (unpaired) electrons. The number of halogens is 1. The van der Waals surface area contributed by atoms with Crippen molar-refractivity contribution in [2.45, 2.75) is 19.3 Å². The largest absolute Gasteiger partial charge is 0.494 e. The maximum absolute atomic E-state index is 13.6. The topological polar surface area (TPSA) is 41.6 Å². The fourth-order valence-corrected chi connectivity index (χ4v) is 2.85. The number of piperidine rings is 1. The molecule has 1 amide bonds. The lowest BCUT2D eigenvalue weighted by atomic mass is 9.97. The monoisotopic (exact) mass is 294 g/mol. The third kappa shape index (κ3) is 4.17. The number of rotatable bonds is 5. The molecule has 0 aliphatic carbocycles. The third-order valence-corrected chi connectivity index (χ3v) is 3.94. The van der Waals surface area contributed by atoms with Crippen molar-refractivity contribution in [1.82, 2.24) is 10.2 Å². The molecule has 0 spiro atoms. The molecule has 1 saturated heterocycles. The Labute approximate surface area is 125 Å². The number of benzene rings is 1. The summed E-state index contributed by atoms with van der Waals surface area (Å²) in [6, 6.07) is 4.69. The SMILES string of the molecule is CNC[C@H]1CCCN(C(=O)Cc2ccc(OC)c(F)c2)C1. The number of amides is 1. The molecular formula is C16H23FN2O2. The van der Waals surface area contributed by atoms with E-state index in [0.717, 1.165) is 32.5 Å². The molecule has 4 nitrogen and oxygen atoms in total. The summed E-state index contributed by atoms with van der Waals surface area (Å²) in [4.78, 5) is 14.2. The van der Waals surface area contributed by atoms with Gasteiger partial charge in [-0.2, -0.15) is 0 Å². The van der Waals surface area contributed by atoms with E-state index in [9.17, 15) is 9.18 Å². The van der Waals surface area contributed by atoms with Crippen molar-refractivity contribution in [3.05, 3.63) is 29.6 Å². The number of nitrogens with one attached hydrogen (secondary N) is 1. The second kappa shape index (κ2) is 7.41. The number of hydrogen-bond donors (Lipinski definition) is 1. The van der Waals surface area contributed by atoms with Gasteiger partial charge in [0.15, 0.2) is 11.6 Å². The van der Waals surface area contributed by atoms with E-state index in [1.54, 1.807) is 12.1 Å². The van der Waals surface area contributed by atoms with Crippen LogP contribution in [-0.4, -0.2) is 44.6 Å². The number of carbonyl (C=O) groups is 1. The maximum atomic E-state index is 13.6. The Morgan fingerprint density at radius 2 is 2.33 bits per heavy atom. The average Bonchev–Trinajstić information content (AvgIpc) is 2.48. The highest BCUT2D eigenvalue weighted by molar-refractivity contribution is 5.79. The van der Waals surface area contributed by atoms with Gasteiger partial charge in [0.1, 0.15) is 0 Å². The van der Waals surface area contributed by atoms with Crippen LogP contribution < -0.4 is 10.1 Å². The number of hydrogen-bond acceptors (Lipinski definition) is 3. The maximum Gasteiger partial charge on any atom is 0.227 e. The molecule has 1 aromatic carbocycles. The van der Waals surface area contributed by atoms with E-state index in [4.69, 9.17) is 4.74 Å². The first-order valence-corrected chi connectivity index (χ1v) is 7.38. The zero-order valence-electron chi connectivity index (χ0n) is 12.7. The van der Waals surface area contributed by atoms with Crippen LogP contribution in [0, 0.1) is 11.7 Å². The van der Waals surface area contributed by atoms with E-state index in [1.807, 2.05) is 11.9 Å². The molecule has 1 atom stereocenters. The van der Waals surface area contributed by atoms with Gasteiger partial charge in [0.25, 0.3) is 0 Å². The van der Waals surface area contributed by atoms with Crippen molar-refractivity contribution in [3.8, 4) is 5.75 Å². The number of ether oxygens (including phenoxy) is 1. The second-order valence-corrected chi connectivity index (χ2v) is 5.55. The van der Waals surface area contributed by atoms with Crippen LogP contribution in [0.3, 0.4) is 0 Å². The third-order valence-electron chi connectivity index (χ3n) is 3.94. The molecule has 116 valence electrons.